The van der Waals surface area contributed by atoms with Crippen LogP contribution in [-0.4, -0.2) is 45.6 Å². The zero-order valence-electron chi connectivity index (χ0n) is 22.8. The number of phenolic OH excluding ortho intramolecular Hbond substituents is 2. The van der Waals surface area contributed by atoms with E-state index >= 15 is 0 Å². The van der Waals surface area contributed by atoms with Crippen molar-refractivity contribution in [3.05, 3.63) is 66.2 Å². The SMILES string of the molecule is CCS(=O)(=O)c1ccc(/N=N/c2c(NC)ccc3c(O)c(/N=N/c4cc(S(=O)(=O)CC)ccc4O)ccc23)c(C)c1. The Balaban J connectivity index is 1.74. The molecule has 0 aliphatic rings. The number of nitrogens with zero attached hydrogens (tertiary/aromatic N) is 4. The first kappa shape index (κ1) is 29.6. The van der Waals surface area contributed by atoms with Gasteiger partial charge in [0.1, 0.15) is 22.8 Å². The van der Waals surface area contributed by atoms with Crippen molar-refractivity contribution < 1.29 is 27.0 Å². The monoisotopic (exact) mass is 595 g/mol. The van der Waals surface area contributed by atoms with Crippen LogP contribution in [0.5, 0.6) is 11.5 Å². The highest BCUT2D eigenvalue weighted by atomic mass is 32.2. The van der Waals surface area contributed by atoms with Crippen LogP contribution in [0, 0.1) is 6.92 Å². The molecule has 11 nitrogen and oxygen atoms in total. The Morgan fingerprint density at radius 3 is 1.88 bits per heavy atom. The summed E-state index contributed by atoms with van der Waals surface area (Å²) in [7, 11) is -5.16. The lowest BCUT2D eigenvalue weighted by molar-refractivity contribution is 0.475. The lowest BCUT2D eigenvalue weighted by Gasteiger charge is -2.11. The fourth-order valence-electron chi connectivity index (χ4n) is 4.01. The number of fused-ring (bicyclic) bond motifs is 1. The minimum atomic E-state index is -3.52. The maximum atomic E-state index is 12.2. The van der Waals surface area contributed by atoms with E-state index in [9.17, 15) is 27.0 Å². The Morgan fingerprint density at radius 2 is 1.24 bits per heavy atom. The summed E-state index contributed by atoms with van der Waals surface area (Å²) in [6.07, 6.45) is 0. The van der Waals surface area contributed by atoms with Gasteiger partial charge in [0, 0.05) is 17.8 Å². The van der Waals surface area contributed by atoms with Gasteiger partial charge >= 0.3 is 0 Å². The summed E-state index contributed by atoms with van der Waals surface area (Å²) < 4.78 is 48.8. The Morgan fingerprint density at radius 1 is 0.683 bits per heavy atom. The minimum Gasteiger partial charge on any atom is -0.506 e. The van der Waals surface area contributed by atoms with Gasteiger partial charge in [-0.15, -0.1) is 15.3 Å². The molecule has 0 spiro atoms. The quantitative estimate of drug-likeness (QED) is 0.175. The number of hydrogen-bond donors (Lipinski definition) is 3. The second-order valence-electron chi connectivity index (χ2n) is 9.05. The van der Waals surface area contributed by atoms with E-state index in [1.165, 1.54) is 37.3 Å². The van der Waals surface area contributed by atoms with Gasteiger partial charge < -0.3 is 15.5 Å². The third kappa shape index (κ3) is 6.05. The number of rotatable bonds is 9. The van der Waals surface area contributed by atoms with Gasteiger partial charge in [0.15, 0.2) is 25.4 Å². The number of sulfone groups is 2. The highest BCUT2D eigenvalue weighted by Gasteiger charge is 2.16. The molecular formula is C28H29N5O6S2. The van der Waals surface area contributed by atoms with Crippen molar-refractivity contribution in [2.45, 2.75) is 30.6 Å². The van der Waals surface area contributed by atoms with Crippen LogP contribution >= 0.6 is 0 Å². The number of nitrogens with one attached hydrogen (secondary N) is 1. The molecule has 4 aromatic carbocycles. The molecule has 4 rings (SSSR count). The van der Waals surface area contributed by atoms with E-state index in [1.54, 1.807) is 51.2 Å². The first-order valence-electron chi connectivity index (χ1n) is 12.6. The lowest BCUT2D eigenvalue weighted by Crippen LogP contribution is -2.03. The fourth-order valence-corrected chi connectivity index (χ4v) is 5.87. The lowest BCUT2D eigenvalue weighted by atomic mass is 10.1. The second-order valence-corrected chi connectivity index (χ2v) is 13.6. The summed E-state index contributed by atoms with van der Waals surface area (Å²) in [5.41, 5.74) is 2.22. The number of aryl methyl sites for hydroxylation is 1. The Bertz CT molecular complexity index is 1920. The maximum Gasteiger partial charge on any atom is 0.178 e. The third-order valence-corrected chi connectivity index (χ3v) is 9.97. The molecule has 0 atom stereocenters. The molecule has 0 aliphatic heterocycles. The van der Waals surface area contributed by atoms with E-state index in [0.717, 1.165) is 0 Å². The van der Waals surface area contributed by atoms with Gasteiger partial charge in [-0.05, 0) is 73.2 Å². The Kier molecular flexibility index (Phi) is 8.40. The molecule has 41 heavy (non-hydrogen) atoms. The predicted molar refractivity (Wildman–Crippen MR) is 158 cm³/mol. The van der Waals surface area contributed by atoms with Crippen molar-refractivity contribution in [3.8, 4) is 11.5 Å². The van der Waals surface area contributed by atoms with Crippen molar-refractivity contribution >= 4 is 58.9 Å². The molecule has 214 valence electrons. The largest absolute Gasteiger partial charge is 0.506 e. The molecule has 4 aromatic rings. The van der Waals surface area contributed by atoms with E-state index < -0.39 is 19.7 Å². The number of hydrogen-bond acceptors (Lipinski definition) is 11. The number of benzene rings is 4. The van der Waals surface area contributed by atoms with E-state index in [2.05, 4.69) is 25.8 Å². The Hall–Kier alpha value is -4.36. The first-order valence-corrected chi connectivity index (χ1v) is 15.9. The van der Waals surface area contributed by atoms with Gasteiger partial charge in [0.25, 0.3) is 0 Å². The van der Waals surface area contributed by atoms with E-state index in [1.807, 2.05) is 0 Å². The summed E-state index contributed by atoms with van der Waals surface area (Å²) >= 11 is 0. The molecule has 0 bridgehead atoms. The topological polar surface area (TPSA) is 170 Å². The summed E-state index contributed by atoms with van der Waals surface area (Å²) in [6.45, 7) is 4.85. The molecule has 0 amide bonds. The van der Waals surface area contributed by atoms with Crippen LogP contribution in [-0.2, 0) is 19.7 Å². The average Bonchev–Trinajstić information content (AvgIpc) is 2.96. The van der Waals surface area contributed by atoms with Crippen LogP contribution in [0.25, 0.3) is 10.8 Å². The molecule has 0 radical (unpaired) electrons. The van der Waals surface area contributed by atoms with Crippen LogP contribution in [0.4, 0.5) is 28.4 Å². The molecule has 13 heteroatoms. The standard InChI is InChI=1S/C28H29N5O6S2/c1-5-40(36,37)18-7-11-22(17(3)15-18)30-33-27-20-9-13-24(28(35)21(20)10-12-23(27)29-4)31-32-25-16-19(8-14-26(25)34)41(38,39)6-2/h7-16,29,34-35H,5-6H2,1-4H3/b32-31+,33-30+. The number of azo groups is 2. The summed E-state index contributed by atoms with van der Waals surface area (Å²) in [6, 6.07) is 15.0. The van der Waals surface area contributed by atoms with Gasteiger partial charge in [0.2, 0.25) is 0 Å². The average molecular weight is 596 g/mol. The molecule has 3 N–H and O–H groups in total. The molecule has 0 saturated carbocycles. The second kappa shape index (κ2) is 11.6. The normalized spacial score (nSPS) is 12.5. The van der Waals surface area contributed by atoms with Crippen LogP contribution in [0.2, 0.25) is 0 Å². The molecule has 0 saturated heterocycles. The van der Waals surface area contributed by atoms with Gasteiger partial charge in [-0.2, -0.15) is 5.11 Å². The number of anilines is 1. The zero-order chi connectivity index (χ0) is 29.9. The van der Waals surface area contributed by atoms with Crippen LogP contribution in [0.3, 0.4) is 0 Å². The van der Waals surface area contributed by atoms with Gasteiger partial charge in [-0.3, -0.25) is 0 Å². The summed E-state index contributed by atoms with van der Waals surface area (Å²) in [5.74, 6) is -0.581. The molecule has 0 fully saturated rings. The maximum absolute atomic E-state index is 12.2. The third-order valence-electron chi connectivity index (χ3n) is 6.51. The van der Waals surface area contributed by atoms with Gasteiger partial charge in [-0.1, -0.05) is 13.8 Å². The number of phenols is 2. The summed E-state index contributed by atoms with van der Waals surface area (Å²) in [5, 5.41) is 42.0. The van der Waals surface area contributed by atoms with E-state index in [4.69, 9.17) is 0 Å². The molecule has 0 aliphatic carbocycles. The van der Waals surface area contributed by atoms with Crippen molar-refractivity contribution in [3.63, 3.8) is 0 Å². The molecule has 0 unspecified atom stereocenters. The van der Waals surface area contributed by atoms with Crippen LogP contribution in [0.15, 0.2) is 90.9 Å². The molecule has 0 heterocycles. The van der Waals surface area contributed by atoms with E-state index in [-0.39, 0.29) is 44.2 Å². The molecular weight excluding hydrogens is 566 g/mol. The van der Waals surface area contributed by atoms with Crippen LogP contribution < -0.4 is 5.32 Å². The highest BCUT2D eigenvalue weighted by molar-refractivity contribution is 7.91. The van der Waals surface area contributed by atoms with Crippen LogP contribution in [0.1, 0.15) is 19.4 Å². The van der Waals surface area contributed by atoms with Crippen molar-refractivity contribution in [2.24, 2.45) is 20.5 Å². The zero-order valence-corrected chi connectivity index (χ0v) is 24.5. The smallest absolute Gasteiger partial charge is 0.178 e. The first-order chi connectivity index (χ1) is 19.4. The number of aromatic hydroxyl groups is 2. The summed E-state index contributed by atoms with van der Waals surface area (Å²) in [4.78, 5) is 0.220. The van der Waals surface area contributed by atoms with Crippen molar-refractivity contribution in [2.75, 3.05) is 23.9 Å². The fraction of sp³-hybridized carbons (Fsp3) is 0.214. The van der Waals surface area contributed by atoms with Crippen molar-refractivity contribution in [1.29, 1.82) is 0 Å². The predicted octanol–water partition coefficient (Wildman–Crippen LogP) is 7.02. The molecule has 0 aromatic heterocycles. The minimum absolute atomic E-state index is 0.000876. The highest BCUT2D eigenvalue weighted by Crippen LogP contribution is 2.43. The van der Waals surface area contributed by atoms with E-state index in [0.29, 0.717) is 33.4 Å². The van der Waals surface area contributed by atoms with Gasteiger partial charge in [0.05, 0.1) is 32.7 Å². The van der Waals surface area contributed by atoms with Gasteiger partial charge in [-0.25, -0.2) is 16.8 Å². The van der Waals surface area contributed by atoms with Crippen molar-refractivity contribution in [1.82, 2.24) is 0 Å². The Labute approximate surface area is 238 Å².